The Kier molecular flexibility index (Phi) is 5.03. The van der Waals surface area contributed by atoms with Crippen molar-refractivity contribution in [3.05, 3.63) is 28.2 Å². The van der Waals surface area contributed by atoms with E-state index in [2.05, 4.69) is 10.5 Å². The summed E-state index contributed by atoms with van der Waals surface area (Å²) < 4.78 is 5.87. The van der Waals surface area contributed by atoms with Crippen LogP contribution in [0.1, 0.15) is 37.2 Å². The molecule has 0 aliphatic rings. The molecule has 0 radical (unpaired) electrons. The van der Waals surface area contributed by atoms with Gasteiger partial charge in [0.05, 0.1) is 14.8 Å². The van der Waals surface area contributed by atoms with E-state index in [-0.39, 0.29) is 11.6 Å². The Morgan fingerprint density at radius 1 is 1.48 bits per heavy atom. The Labute approximate surface area is 132 Å². The van der Waals surface area contributed by atoms with E-state index in [1.165, 1.54) is 11.3 Å². The summed E-state index contributed by atoms with van der Waals surface area (Å²) in [6.45, 7) is 4.38. The number of rotatable bonds is 6. The Balaban J connectivity index is 2.16. The molecule has 114 valence electrons. The minimum absolute atomic E-state index is 0.245. The van der Waals surface area contributed by atoms with Crippen molar-refractivity contribution in [2.75, 3.05) is 6.54 Å². The van der Waals surface area contributed by atoms with Gasteiger partial charge in [0.2, 0.25) is 0 Å². The summed E-state index contributed by atoms with van der Waals surface area (Å²) >= 11 is 7.26. The molecule has 7 heteroatoms. The zero-order valence-electron chi connectivity index (χ0n) is 12.0. The van der Waals surface area contributed by atoms with Crippen LogP contribution in [0.2, 0.25) is 4.34 Å². The van der Waals surface area contributed by atoms with E-state index in [1.54, 1.807) is 12.1 Å². The summed E-state index contributed by atoms with van der Waals surface area (Å²) in [6.07, 6.45) is 1.52. The summed E-state index contributed by atoms with van der Waals surface area (Å²) in [4.78, 5) is 13.1. The highest BCUT2D eigenvalue weighted by atomic mass is 35.5. The van der Waals surface area contributed by atoms with E-state index < -0.39 is 5.54 Å². The lowest BCUT2D eigenvalue weighted by Gasteiger charge is -2.30. The van der Waals surface area contributed by atoms with E-state index >= 15 is 0 Å². The van der Waals surface area contributed by atoms with Gasteiger partial charge in [-0.2, -0.15) is 0 Å². The van der Waals surface area contributed by atoms with Gasteiger partial charge in [-0.05, 0) is 25.0 Å². The van der Waals surface area contributed by atoms with Gasteiger partial charge in [0, 0.05) is 12.6 Å². The highest BCUT2D eigenvalue weighted by Gasteiger charge is 2.28. The SMILES string of the molecule is CCC(CC)(CN)NC(=O)c1cc(-c2ccc(Cl)s2)on1. The Hall–Kier alpha value is -1.37. The number of nitrogens with one attached hydrogen (secondary N) is 1. The van der Waals surface area contributed by atoms with Crippen LogP contribution in [-0.4, -0.2) is 23.1 Å². The first-order valence-electron chi connectivity index (χ1n) is 6.78. The molecule has 2 rings (SSSR count). The predicted molar refractivity (Wildman–Crippen MR) is 84.7 cm³/mol. The highest BCUT2D eigenvalue weighted by Crippen LogP contribution is 2.31. The largest absolute Gasteiger partial charge is 0.355 e. The molecule has 2 heterocycles. The molecule has 0 aromatic carbocycles. The summed E-state index contributed by atoms with van der Waals surface area (Å²) in [5, 5.41) is 6.78. The maximum atomic E-state index is 12.3. The molecular weight excluding hydrogens is 310 g/mol. The molecule has 1 amide bonds. The van der Waals surface area contributed by atoms with Gasteiger partial charge in [-0.25, -0.2) is 0 Å². The van der Waals surface area contributed by atoms with E-state index in [0.717, 1.165) is 17.7 Å². The summed E-state index contributed by atoms with van der Waals surface area (Å²) in [6, 6.07) is 5.22. The third-order valence-electron chi connectivity index (χ3n) is 3.68. The van der Waals surface area contributed by atoms with Gasteiger partial charge >= 0.3 is 0 Å². The summed E-state index contributed by atoms with van der Waals surface area (Å²) in [5.74, 6) is 0.255. The number of nitrogens with zero attached hydrogens (tertiary/aromatic N) is 1. The minimum atomic E-state index is -0.400. The molecule has 0 saturated carbocycles. The smallest absolute Gasteiger partial charge is 0.273 e. The zero-order valence-corrected chi connectivity index (χ0v) is 13.6. The van der Waals surface area contributed by atoms with Gasteiger partial charge in [0.25, 0.3) is 5.91 Å². The zero-order chi connectivity index (χ0) is 15.5. The van der Waals surface area contributed by atoms with Crippen LogP contribution in [0.4, 0.5) is 0 Å². The van der Waals surface area contributed by atoms with E-state index in [1.807, 2.05) is 19.9 Å². The monoisotopic (exact) mass is 327 g/mol. The molecule has 0 saturated heterocycles. The number of halogens is 1. The van der Waals surface area contributed by atoms with Crippen molar-refractivity contribution < 1.29 is 9.32 Å². The normalized spacial score (nSPS) is 11.6. The number of amides is 1. The van der Waals surface area contributed by atoms with Crippen LogP contribution in [0.25, 0.3) is 10.6 Å². The fourth-order valence-corrected chi connectivity index (χ4v) is 3.01. The van der Waals surface area contributed by atoms with Crippen LogP contribution in [0.15, 0.2) is 22.7 Å². The molecule has 0 spiro atoms. The predicted octanol–water partition coefficient (Wildman–Crippen LogP) is 3.30. The molecule has 0 fully saturated rings. The number of carbonyl (C=O) groups is 1. The van der Waals surface area contributed by atoms with Gasteiger partial charge < -0.3 is 15.6 Å². The first-order valence-corrected chi connectivity index (χ1v) is 7.98. The third-order valence-corrected chi connectivity index (χ3v) is 4.93. The fraction of sp³-hybridized carbons (Fsp3) is 0.429. The number of nitrogens with two attached hydrogens (primary N) is 1. The number of thiophene rings is 1. The van der Waals surface area contributed by atoms with Gasteiger partial charge in [-0.3, -0.25) is 4.79 Å². The van der Waals surface area contributed by atoms with Gasteiger partial charge in [0.1, 0.15) is 0 Å². The Morgan fingerprint density at radius 2 is 2.19 bits per heavy atom. The maximum Gasteiger partial charge on any atom is 0.273 e. The van der Waals surface area contributed by atoms with Crippen molar-refractivity contribution in [2.24, 2.45) is 5.73 Å². The second-order valence-electron chi connectivity index (χ2n) is 4.83. The third kappa shape index (κ3) is 3.45. The van der Waals surface area contributed by atoms with Crippen molar-refractivity contribution in [2.45, 2.75) is 32.2 Å². The molecule has 0 aliphatic carbocycles. The molecule has 5 nitrogen and oxygen atoms in total. The first kappa shape index (κ1) is 16.0. The lowest BCUT2D eigenvalue weighted by atomic mass is 9.93. The fourth-order valence-electron chi connectivity index (χ4n) is 2.02. The van der Waals surface area contributed by atoms with Gasteiger partial charge in [-0.15, -0.1) is 11.3 Å². The van der Waals surface area contributed by atoms with Crippen LogP contribution >= 0.6 is 22.9 Å². The van der Waals surface area contributed by atoms with E-state index in [4.69, 9.17) is 21.9 Å². The summed E-state index contributed by atoms with van der Waals surface area (Å²) in [7, 11) is 0. The molecular formula is C14H18ClN3O2S. The topological polar surface area (TPSA) is 81.1 Å². The highest BCUT2D eigenvalue weighted by molar-refractivity contribution is 7.19. The first-order chi connectivity index (χ1) is 10.0. The maximum absolute atomic E-state index is 12.3. The average Bonchev–Trinajstić information content (AvgIpc) is 3.13. The van der Waals surface area contributed by atoms with Crippen molar-refractivity contribution >= 4 is 28.8 Å². The van der Waals surface area contributed by atoms with Gasteiger partial charge in [-0.1, -0.05) is 30.6 Å². The van der Waals surface area contributed by atoms with E-state index in [0.29, 0.717) is 16.6 Å². The second-order valence-corrected chi connectivity index (χ2v) is 6.54. The van der Waals surface area contributed by atoms with Crippen LogP contribution in [-0.2, 0) is 0 Å². The average molecular weight is 328 g/mol. The van der Waals surface area contributed by atoms with Crippen molar-refractivity contribution in [3.63, 3.8) is 0 Å². The number of aromatic nitrogens is 1. The standard InChI is InChI=1S/C14H18ClN3O2S/c1-3-14(4-2,8-16)17-13(19)9-7-10(20-18-9)11-5-6-12(15)21-11/h5-7H,3-4,8,16H2,1-2H3,(H,17,19). The number of hydrogen-bond donors (Lipinski definition) is 2. The minimum Gasteiger partial charge on any atom is -0.355 e. The van der Waals surface area contributed by atoms with E-state index in [9.17, 15) is 4.79 Å². The molecule has 21 heavy (non-hydrogen) atoms. The van der Waals surface area contributed by atoms with Crippen LogP contribution < -0.4 is 11.1 Å². The number of hydrogen-bond acceptors (Lipinski definition) is 5. The summed E-state index contributed by atoms with van der Waals surface area (Å²) in [5.41, 5.74) is 5.63. The van der Waals surface area contributed by atoms with Crippen molar-refractivity contribution in [3.8, 4) is 10.6 Å². The molecule has 0 aliphatic heterocycles. The molecule has 2 aromatic rings. The molecule has 3 N–H and O–H groups in total. The van der Waals surface area contributed by atoms with Crippen LogP contribution in [0.3, 0.4) is 0 Å². The molecule has 0 unspecified atom stereocenters. The molecule has 0 bridgehead atoms. The van der Waals surface area contributed by atoms with Crippen LogP contribution in [0.5, 0.6) is 0 Å². The second kappa shape index (κ2) is 6.60. The molecule has 0 atom stereocenters. The molecule has 2 aromatic heterocycles. The van der Waals surface area contributed by atoms with Gasteiger partial charge in [0.15, 0.2) is 11.5 Å². The number of carbonyl (C=O) groups excluding carboxylic acids is 1. The quantitative estimate of drug-likeness (QED) is 0.853. The Morgan fingerprint density at radius 3 is 2.71 bits per heavy atom. The van der Waals surface area contributed by atoms with Crippen molar-refractivity contribution in [1.82, 2.24) is 10.5 Å². The Bertz CT molecular complexity index is 611. The van der Waals surface area contributed by atoms with Crippen LogP contribution in [0, 0.1) is 0 Å². The lowest BCUT2D eigenvalue weighted by Crippen LogP contribution is -2.52. The lowest BCUT2D eigenvalue weighted by molar-refractivity contribution is 0.0886. The van der Waals surface area contributed by atoms with Crippen molar-refractivity contribution in [1.29, 1.82) is 0 Å².